The van der Waals surface area contributed by atoms with E-state index in [1.165, 1.54) is 11.8 Å². The van der Waals surface area contributed by atoms with Crippen molar-refractivity contribution in [2.45, 2.75) is 24.5 Å². The Morgan fingerprint density at radius 2 is 1.93 bits per heavy atom. The first-order valence-electron chi connectivity index (χ1n) is 7.99. The predicted molar refractivity (Wildman–Crippen MR) is 108 cm³/mol. The monoisotopic (exact) mass is 439 g/mol. The number of benzene rings is 1. The van der Waals surface area contributed by atoms with Gasteiger partial charge in [-0.2, -0.15) is 0 Å². The molecule has 3 rings (SSSR count). The van der Waals surface area contributed by atoms with Gasteiger partial charge in [-0.25, -0.2) is 8.42 Å². The molecule has 2 N–H and O–H groups in total. The summed E-state index contributed by atoms with van der Waals surface area (Å²) in [6.45, 7) is 3.73. The van der Waals surface area contributed by atoms with Crippen molar-refractivity contribution in [1.29, 1.82) is 0 Å². The fourth-order valence-electron chi connectivity index (χ4n) is 2.28. The summed E-state index contributed by atoms with van der Waals surface area (Å²) in [5.41, 5.74) is 2.31. The number of amides is 1. The molecule has 0 aliphatic heterocycles. The maximum atomic E-state index is 12.7. The summed E-state index contributed by atoms with van der Waals surface area (Å²) in [5.74, 6) is 1.02. The summed E-state index contributed by atoms with van der Waals surface area (Å²) in [6, 6.07) is 7.19. The number of rotatable bonds is 7. The molecule has 0 spiro atoms. The van der Waals surface area contributed by atoms with E-state index in [9.17, 15) is 13.2 Å². The van der Waals surface area contributed by atoms with E-state index < -0.39 is 10.0 Å². The molecule has 0 fully saturated rings. The first-order chi connectivity index (χ1) is 13.2. The van der Waals surface area contributed by atoms with Gasteiger partial charge in [0.1, 0.15) is 5.76 Å². The van der Waals surface area contributed by atoms with E-state index >= 15 is 0 Å². The van der Waals surface area contributed by atoms with Crippen molar-refractivity contribution in [3.05, 3.63) is 46.8 Å². The Hall–Kier alpha value is -2.44. The quantitative estimate of drug-likeness (QED) is 0.538. The van der Waals surface area contributed by atoms with Crippen molar-refractivity contribution < 1.29 is 17.7 Å². The minimum Gasteiger partial charge on any atom is -0.361 e. The van der Waals surface area contributed by atoms with Crippen LogP contribution in [0.3, 0.4) is 0 Å². The molecular formula is C16H17N5O4S3. The molecule has 0 saturated carbocycles. The van der Waals surface area contributed by atoms with Crippen molar-refractivity contribution >= 4 is 49.3 Å². The lowest BCUT2D eigenvalue weighted by Crippen LogP contribution is -2.12. The number of aryl methyl sites for hydroxylation is 2. The van der Waals surface area contributed by atoms with Crippen LogP contribution in [0.15, 0.2) is 33.7 Å². The molecule has 148 valence electrons. The number of nitrogens with zero attached hydrogens (tertiary/aromatic N) is 3. The number of hydrogen-bond acceptors (Lipinski definition) is 9. The normalized spacial score (nSPS) is 11.4. The van der Waals surface area contributed by atoms with E-state index in [4.69, 9.17) is 4.52 Å². The van der Waals surface area contributed by atoms with Crippen LogP contribution in [-0.4, -0.2) is 35.9 Å². The topological polar surface area (TPSA) is 127 Å². The lowest BCUT2D eigenvalue weighted by molar-refractivity contribution is 0.102. The largest absolute Gasteiger partial charge is 0.361 e. The van der Waals surface area contributed by atoms with E-state index in [0.717, 1.165) is 39.5 Å². The lowest BCUT2D eigenvalue weighted by Gasteiger charge is -2.08. The number of nitrogens with one attached hydrogen (secondary N) is 2. The Kier molecular flexibility index (Phi) is 6.01. The molecule has 28 heavy (non-hydrogen) atoms. The number of anilines is 2. The van der Waals surface area contributed by atoms with Crippen LogP contribution in [0.4, 0.5) is 10.3 Å². The highest BCUT2D eigenvalue weighted by atomic mass is 32.2. The van der Waals surface area contributed by atoms with E-state index in [2.05, 4.69) is 25.4 Å². The summed E-state index contributed by atoms with van der Waals surface area (Å²) < 4.78 is 29.9. The molecular weight excluding hydrogens is 422 g/mol. The molecule has 0 unspecified atom stereocenters. The van der Waals surface area contributed by atoms with Crippen LogP contribution >= 0.6 is 23.1 Å². The molecule has 1 aromatic carbocycles. The van der Waals surface area contributed by atoms with E-state index in [-0.39, 0.29) is 16.2 Å². The smallest absolute Gasteiger partial charge is 0.258 e. The second-order valence-corrected chi connectivity index (χ2v) is 9.57. The number of carbonyl (C=O) groups excluding carboxylic acids is 1. The van der Waals surface area contributed by atoms with Crippen LogP contribution < -0.4 is 10.0 Å². The fraction of sp³-hybridized carbons (Fsp3) is 0.250. The highest BCUT2D eigenvalue weighted by Crippen LogP contribution is 2.29. The molecule has 2 heterocycles. The lowest BCUT2D eigenvalue weighted by atomic mass is 10.2. The highest BCUT2D eigenvalue weighted by Gasteiger charge is 2.16. The van der Waals surface area contributed by atoms with Gasteiger partial charge in [-0.05, 0) is 26.0 Å². The molecule has 0 atom stereocenters. The molecule has 9 nitrogen and oxygen atoms in total. The number of hydrogen-bond donors (Lipinski definition) is 2. The van der Waals surface area contributed by atoms with Gasteiger partial charge in [-0.3, -0.25) is 14.8 Å². The summed E-state index contributed by atoms with van der Waals surface area (Å²) in [4.78, 5) is 13.5. The average Bonchev–Trinajstić information content (AvgIpc) is 3.18. The van der Waals surface area contributed by atoms with Gasteiger partial charge in [0.05, 0.1) is 17.5 Å². The number of thioether (sulfide) groups is 1. The van der Waals surface area contributed by atoms with Crippen LogP contribution in [0.2, 0.25) is 0 Å². The first kappa shape index (κ1) is 20.3. The minimum atomic E-state index is -3.46. The SMILES string of the molecule is Cc1noc(C)c1CSc1ccccc1C(=O)Nc1nnc(NS(C)(=O)=O)s1. The van der Waals surface area contributed by atoms with Gasteiger partial charge in [0.15, 0.2) is 0 Å². The van der Waals surface area contributed by atoms with Crippen molar-refractivity contribution in [3.8, 4) is 0 Å². The van der Waals surface area contributed by atoms with Gasteiger partial charge in [0.25, 0.3) is 5.91 Å². The van der Waals surface area contributed by atoms with Crippen LogP contribution in [0.25, 0.3) is 0 Å². The first-order valence-corrected chi connectivity index (χ1v) is 11.7. The maximum Gasteiger partial charge on any atom is 0.258 e. The molecule has 0 bridgehead atoms. The number of aromatic nitrogens is 3. The zero-order chi connectivity index (χ0) is 20.3. The van der Waals surface area contributed by atoms with Gasteiger partial charge < -0.3 is 4.52 Å². The van der Waals surface area contributed by atoms with Crippen molar-refractivity contribution in [2.24, 2.45) is 0 Å². The molecule has 0 radical (unpaired) electrons. The third kappa shape index (κ3) is 5.09. The molecule has 0 aliphatic carbocycles. The third-order valence-electron chi connectivity index (χ3n) is 3.60. The maximum absolute atomic E-state index is 12.7. The highest BCUT2D eigenvalue weighted by molar-refractivity contribution is 7.98. The zero-order valence-corrected chi connectivity index (χ0v) is 17.7. The van der Waals surface area contributed by atoms with Crippen molar-refractivity contribution in [2.75, 3.05) is 16.3 Å². The molecule has 0 aliphatic rings. The Morgan fingerprint density at radius 1 is 1.21 bits per heavy atom. The summed E-state index contributed by atoms with van der Waals surface area (Å²) in [5, 5.41) is 14.4. The van der Waals surface area contributed by atoms with E-state index in [1.54, 1.807) is 12.1 Å². The van der Waals surface area contributed by atoms with Gasteiger partial charge >= 0.3 is 0 Å². The van der Waals surface area contributed by atoms with Crippen molar-refractivity contribution in [1.82, 2.24) is 15.4 Å². The second-order valence-electron chi connectivity index (χ2n) is 5.83. The summed E-state index contributed by atoms with van der Waals surface area (Å²) in [7, 11) is -3.46. The Labute approximate surface area is 170 Å². The number of sulfonamides is 1. The van der Waals surface area contributed by atoms with E-state index in [1.807, 2.05) is 26.0 Å². The van der Waals surface area contributed by atoms with Crippen LogP contribution in [0, 0.1) is 13.8 Å². The van der Waals surface area contributed by atoms with Gasteiger partial charge in [-0.1, -0.05) is 28.6 Å². The third-order valence-corrected chi connectivity index (χ3v) is 6.15. The minimum absolute atomic E-state index is 0.0823. The van der Waals surface area contributed by atoms with Crippen LogP contribution in [0.5, 0.6) is 0 Å². The average molecular weight is 440 g/mol. The number of carbonyl (C=O) groups is 1. The molecule has 3 aromatic rings. The Balaban J connectivity index is 1.72. The Bertz CT molecular complexity index is 1090. The predicted octanol–water partition coefficient (Wildman–Crippen LogP) is 3.06. The fourth-order valence-corrected chi connectivity index (χ4v) is 4.95. The van der Waals surface area contributed by atoms with Crippen molar-refractivity contribution in [3.63, 3.8) is 0 Å². The zero-order valence-electron chi connectivity index (χ0n) is 15.2. The summed E-state index contributed by atoms with van der Waals surface area (Å²) in [6.07, 6.45) is 1.01. The molecule has 12 heteroatoms. The van der Waals surface area contributed by atoms with Crippen LogP contribution in [0.1, 0.15) is 27.4 Å². The summed E-state index contributed by atoms with van der Waals surface area (Å²) >= 11 is 2.43. The molecule has 1 amide bonds. The van der Waals surface area contributed by atoms with Gasteiger partial charge in [0, 0.05) is 16.2 Å². The standard InChI is InChI=1S/C16H17N5O4S3/c1-9-12(10(2)25-20-9)8-26-13-7-5-4-6-11(13)14(22)17-15-18-19-16(27-15)21-28(3,23)24/h4-7H,8H2,1-3H3,(H,19,21)(H,17,18,22). The molecule has 0 saturated heterocycles. The Morgan fingerprint density at radius 3 is 2.61 bits per heavy atom. The van der Waals surface area contributed by atoms with E-state index in [0.29, 0.717) is 11.3 Å². The molecule has 2 aromatic heterocycles. The van der Waals surface area contributed by atoms with Crippen LogP contribution in [-0.2, 0) is 15.8 Å². The van der Waals surface area contributed by atoms with Gasteiger partial charge in [0.2, 0.25) is 20.3 Å². The van der Waals surface area contributed by atoms with Gasteiger partial charge in [-0.15, -0.1) is 22.0 Å². The second kappa shape index (κ2) is 8.29.